The van der Waals surface area contributed by atoms with E-state index in [9.17, 15) is 18.0 Å². The fourth-order valence-corrected chi connectivity index (χ4v) is 8.58. The van der Waals surface area contributed by atoms with Crippen LogP contribution in [0.1, 0.15) is 79.6 Å². The van der Waals surface area contributed by atoms with Crippen molar-refractivity contribution in [2.45, 2.75) is 76.3 Å². The number of ether oxygens (including phenoxy) is 1. The molecule has 8 rings (SSSR count). The van der Waals surface area contributed by atoms with Gasteiger partial charge in [0, 0.05) is 55.2 Å². The maximum Gasteiger partial charge on any atom is 0.264 e. The molecule has 3 aromatic rings. The van der Waals surface area contributed by atoms with E-state index in [0.717, 1.165) is 98.9 Å². The molecule has 0 spiro atoms. The van der Waals surface area contributed by atoms with Crippen LogP contribution < -0.4 is 9.46 Å². The van der Waals surface area contributed by atoms with Crippen LogP contribution in [0.5, 0.6) is 5.75 Å². The number of carbonyl (C=O) groups excluding carboxylic acids is 2. The average molecular weight is 633 g/mol. The van der Waals surface area contributed by atoms with Gasteiger partial charge in [-0.05, 0) is 92.0 Å². The van der Waals surface area contributed by atoms with Crippen molar-refractivity contribution in [2.75, 3.05) is 39.5 Å². The molecule has 9 nitrogen and oxygen atoms in total. The highest BCUT2D eigenvalue weighted by Gasteiger charge is 2.54. The Kier molecular flexibility index (Phi) is 7.92. The van der Waals surface area contributed by atoms with Crippen LogP contribution in [0.3, 0.4) is 0 Å². The van der Waals surface area contributed by atoms with Gasteiger partial charge in [-0.15, -0.1) is 0 Å². The summed E-state index contributed by atoms with van der Waals surface area (Å²) in [5.41, 5.74) is 4.11. The van der Waals surface area contributed by atoms with Gasteiger partial charge in [0.05, 0.1) is 24.5 Å². The molecule has 2 bridgehead atoms. The fraction of sp³-hybridized carbons (Fsp3) is 0.543. The molecule has 45 heavy (non-hydrogen) atoms. The number of fused-ring (bicyclic) bond motifs is 5. The van der Waals surface area contributed by atoms with E-state index in [1.807, 2.05) is 24.3 Å². The topological polar surface area (TPSA) is 101 Å². The molecule has 5 fully saturated rings. The smallest absolute Gasteiger partial charge is 0.264 e. The fourth-order valence-electron chi connectivity index (χ4n) is 8.13. The summed E-state index contributed by atoms with van der Waals surface area (Å²) in [5.74, 6) is 0.756. The van der Waals surface area contributed by atoms with Crippen molar-refractivity contribution in [1.82, 2.24) is 19.1 Å². The molecular weight excluding hydrogens is 588 g/mol. The second-order valence-corrected chi connectivity index (χ2v) is 15.4. The Morgan fingerprint density at radius 3 is 2.29 bits per heavy atom. The lowest BCUT2D eigenvalue weighted by Gasteiger charge is -2.34. The van der Waals surface area contributed by atoms with Crippen LogP contribution in [-0.2, 0) is 21.4 Å². The molecule has 2 aromatic carbocycles. The van der Waals surface area contributed by atoms with Gasteiger partial charge >= 0.3 is 0 Å². The van der Waals surface area contributed by atoms with Crippen LogP contribution in [-0.4, -0.2) is 80.2 Å². The molecule has 3 saturated heterocycles. The third-order valence-electron chi connectivity index (χ3n) is 10.7. The van der Waals surface area contributed by atoms with Crippen LogP contribution in [0.2, 0.25) is 0 Å². The summed E-state index contributed by atoms with van der Waals surface area (Å²) in [4.78, 5) is 32.2. The number of methoxy groups -OCH3 is 1. The number of rotatable bonds is 8. The molecule has 240 valence electrons. The van der Waals surface area contributed by atoms with Gasteiger partial charge in [0.1, 0.15) is 5.75 Å². The summed E-state index contributed by atoms with van der Waals surface area (Å²) in [7, 11) is -2.06. The summed E-state index contributed by atoms with van der Waals surface area (Å²) >= 11 is 0. The largest absolute Gasteiger partial charge is 0.497 e. The van der Waals surface area contributed by atoms with E-state index < -0.39 is 21.3 Å². The maximum atomic E-state index is 14.5. The lowest BCUT2D eigenvalue weighted by molar-refractivity contribution is -0.139. The minimum atomic E-state index is -3.73. The van der Waals surface area contributed by atoms with Crippen LogP contribution in [0, 0.1) is 5.41 Å². The highest BCUT2D eigenvalue weighted by Crippen LogP contribution is 2.52. The lowest BCUT2D eigenvalue weighted by atomic mass is 9.81. The first-order valence-corrected chi connectivity index (χ1v) is 18.4. The zero-order valence-electron chi connectivity index (χ0n) is 26.4. The molecule has 4 heterocycles. The monoisotopic (exact) mass is 632 g/mol. The maximum absolute atomic E-state index is 14.5. The predicted octanol–water partition coefficient (Wildman–Crippen LogP) is 5.14. The summed E-state index contributed by atoms with van der Waals surface area (Å²) < 4.78 is 33.8. The molecular formula is C35H44N4O5S. The first-order chi connectivity index (χ1) is 21.7. The third-order valence-corrected chi connectivity index (χ3v) is 11.3. The minimum absolute atomic E-state index is 0.268. The number of aromatic nitrogens is 1. The van der Waals surface area contributed by atoms with E-state index in [4.69, 9.17) is 4.74 Å². The van der Waals surface area contributed by atoms with Crippen molar-refractivity contribution in [3.63, 3.8) is 0 Å². The summed E-state index contributed by atoms with van der Waals surface area (Å²) in [6.07, 6.45) is 10.5. The van der Waals surface area contributed by atoms with Gasteiger partial charge in [-0.25, -0.2) is 13.1 Å². The Bertz CT molecular complexity index is 1710. The molecule has 2 aliphatic carbocycles. The highest BCUT2D eigenvalue weighted by atomic mass is 32.2. The van der Waals surface area contributed by atoms with Crippen molar-refractivity contribution < 1.29 is 22.7 Å². The van der Waals surface area contributed by atoms with E-state index in [2.05, 4.69) is 31.2 Å². The van der Waals surface area contributed by atoms with E-state index >= 15 is 0 Å². The molecule has 0 unspecified atom stereocenters. The van der Waals surface area contributed by atoms with Gasteiger partial charge in [0.2, 0.25) is 15.9 Å². The van der Waals surface area contributed by atoms with Crippen LogP contribution >= 0.6 is 0 Å². The number of amides is 2. The number of nitrogens with zero attached hydrogens (tertiary/aromatic N) is 3. The summed E-state index contributed by atoms with van der Waals surface area (Å²) in [6.45, 7) is 4.38. The summed E-state index contributed by atoms with van der Waals surface area (Å²) in [5, 5.41) is 1.08. The standard InChI is InChI=1S/C35H44N4O5S/c1-44-28-11-8-25(9-12-28)32-31(24-6-4-3-5-7-24)29-13-10-26(33(40)36-45(2,42)43)22-30(29)39(32)23-35(16-17-35)34(41)38-21-20-37-18-14-27(38)15-19-37/h8-13,22,24,27H,3-7,14-21,23H2,1-2H3,(H,36,40). The molecule has 2 saturated carbocycles. The van der Waals surface area contributed by atoms with Crippen molar-refractivity contribution in [3.8, 4) is 17.0 Å². The Morgan fingerprint density at radius 1 is 0.933 bits per heavy atom. The number of hydrogen-bond donors (Lipinski definition) is 1. The third kappa shape index (κ3) is 5.87. The quantitative estimate of drug-likeness (QED) is 0.369. The average Bonchev–Trinajstić information content (AvgIpc) is 3.83. The number of benzene rings is 2. The molecule has 3 aliphatic heterocycles. The predicted molar refractivity (Wildman–Crippen MR) is 175 cm³/mol. The first kappa shape index (κ1) is 30.3. The van der Waals surface area contributed by atoms with E-state index in [1.54, 1.807) is 13.2 Å². The van der Waals surface area contributed by atoms with Crippen molar-refractivity contribution in [3.05, 3.63) is 53.6 Å². The molecule has 1 N–H and O–H groups in total. The Morgan fingerprint density at radius 2 is 1.64 bits per heavy atom. The van der Waals surface area contributed by atoms with Crippen molar-refractivity contribution in [1.29, 1.82) is 0 Å². The molecule has 10 heteroatoms. The Labute approximate surface area is 265 Å². The van der Waals surface area contributed by atoms with Gasteiger partial charge in [-0.3, -0.25) is 9.59 Å². The normalized spacial score (nSPS) is 23.1. The lowest BCUT2D eigenvalue weighted by Crippen LogP contribution is -2.46. The van der Waals surface area contributed by atoms with E-state index in [0.29, 0.717) is 18.5 Å². The SMILES string of the molecule is COc1ccc(-c2c(C3CCCCC3)c3ccc(C(=O)NS(C)(=O)=O)cc3n2CC2(C(=O)N3CCN4CCC3CC4)CC2)cc1. The highest BCUT2D eigenvalue weighted by molar-refractivity contribution is 7.89. The number of nitrogens with one attached hydrogen (secondary N) is 1. The molecule has 0 radical (unpaired) electrons. The van der Waals surface area contributed by atoms with E-state index in [1.165, 1.54) is 24.8 Å². The summed E-state index contributed by atoms with van der Waals surface area (Å²) in [6, 6.07) is 14.0. The molecule has 2 amide bonds. The molecule has 0 atom stereocenters. The number of carbonyl (C=O) groups is 2. The molecule has 1 aromatic heterocycles. The number of piperidine rings is 1. The van der Waals surface area contributed by atoms with Crippen molar-refractivity contribution >= 4 is 32.7 Å². The van der Waals surface area contributed by atoms with Crippen LogP contribution in [0.15, 0.2) is 42.5 Å². The second-order valence-electron chi connectivity index (χ2n) is 13.7. The van der Waals surface area contributed by atoms with Gasteiger partial charge in [0.15, 0.2) is 0 Å². The zero-order valence-corrected chi connectivity index (χ0v) is 27.2. The minimum Gasteiger partial charge on any atom is -0.497 e. The van der Waals surface area contributed by atoms with Gasteiger partial charge in [-0.2, -0.15) is 0 Å². The van der Waals surface area contributed by atoms with E-state index in [-0.39, 0.29) is 11.5 Å². The number of sulfonamides is 1. The van der Waals surface area contributed by atoms with Gasteiger partial charge < -0.3 is 19.1 Å². The Hall–Kier alpha value is -3.37. The van der Waals surface area contributed by atoms with Gasteiger partial charge in [-0.1, -0.05) is 25.3 Å². The second kappa shape index (κ2) is 11.8. The zero-order chi connectivity index (χ0) is 31.3. The van der Waals surface area contributed by atoms with Crippen molar-refractivity contribution in [2.24, 2.45) is 5.41 Å². The molecule has 5 aliphatic rings. The Balaban J connectivity index is 1.38. The van der Waals surface area contributed by atoms with Gasteiger partial charge in [0.25, 0.3) is 5.91 Å². The number of hydrogen-bond acceptors (Lipinski definition) is 6. The van der Waals surface area contributed by atoms with Crippen LogP contribution in [0.4, 0.5) is 0 Å². The first-order valence-electron chi connectivity index (χ1n) is 16.5. The van der Waals surface area contributed by atoms with Crippen LogP contribution in [0.25, 0.3) is 22.2 Å².